The van der Waals surface area contributed by atoms with Gasteiger partial charge in [0, 0.05) is 13.5 Å². The molecule has 4 rings (SSSR count). The number of nitrogens with one attached hydrogen (secondary N) is 2. The van der Waals surface area contributed by atoms with E-state index in [0.717, 1.165) is 0 Å². The van der Waals surface area contributed by atoms with E-state index in [0.29, 0.717) is 40.0 Å². The van der Waals surface area contributed by atoms with Crippen LogP contribution in [0.1, 0.15) is 34.0 Å². The molecule has 1 aliphatic heterocycles. The third-order valence-corrected chi connectivity index (χ3v) is 4.85. The van der Waals surface area contributed by atoms with Gasteiger partial charge in [-0.15, -0.1) is 0 Å². The van der Waals surface area contributed by atoms with Crippen LogP contribution in [0.5, 0.6) is 11.5 Å². The first-order valence-corrected chi connectivity index (χ1v) is 8.96. The number of hydrogen-bond acceptors (Lipinski definition) is 6. The molecule has 150 valence electrons. The van der Waals surface area contributed by atoms with Gasteiger partial charge in [0.25, 0.3) is 5.91 Å². The number of methoxy groups -OCH3 is 2. The minimum atomic E-state index is -0.406. The van der Waals surface area contributed by atoms with Crippen LogP contribution >= 0.6 is 0 Å². The third-order valence-electron chi connectivity index (χ3n) is 4.85. The Labute approximate surface area is 166 Å². The van der Waals surface area contributed by atoms with Gasteiger partial charge in [0.05, 0.1) is 37.5 Å². The molecule has 1 aliphatic rings. The van der Waals surface area contributed by atoms with E-state index in [1.807, 2.05) is 0 Å². The molecule has 0 bridgehead atoms. The molecule has 2 amide bonds. The van der Waals surface area contributed by atoms with Crippen molar-refractivity contribution >= 4 is 23.5 Å². The number of carbonyl (C=O) groups excluding carboxylic acids is 2. The molecule has 9 nitrogen and oxygen atoms in total. The van der Waals surface area contributed by atoms with Gasteiger partial charge in [-0.2, -0.15) is 5.10 Å². The van der Waals surface area contributed by atoms with Crippen molar-refractivity contribution in [2.45, 2.75) is 12.3 Å². The molecule has 29 heavy (non-hydrogen) atoms. The Hall–Kier alpha value is -3.75. The van der Waals surface area contributed by atoms with Crippen molar-refractivity contribution < 1.29 is 23.5 Å². The zero-order chi connectivity index (χ0) is 20.5. The molecule has 3 aromatic rings. The summed E-state index contributed by atoms with van der Waals surface area (Å²) in [5, 5.41) is 10.1. The Bertz CT molecular complexity index is 1070. The first kappa shape index (κ1) is 18.6. The van der Waals surface area contributed by atoms with E-state index in [1.165, 1.54) is 18.9 Å². The lowest BCUT2D eigenvalue weighted by molar-refractivity contribution is -0.116. The number of benzene rings is 1. The minimum Gasteiger partial charge on any atom is -0.493 e. The summed E-state index contributed by atoms with van der Waals surface area (Å²) in [7, 11) is 4.68. The Morgan fingerprint density at radius 1 is 1.28 bits per heavy atom. The number of anilines is 2. The second-order valence-corrected chi connectivity index (χ2v) is 6.55. The summed E-state index contributed by atoms with van der Waals surface area (Å²) in [6, 6.07) is 8.61. The predicted molar refractivity (Wildman–Crippen MR) is 105 cm³/mol. The Kier molecular flexibility index (Phi) is 4.71. The molecule has 1 aromatic carbocycles. The molecule has 0 fully saturated rings. The summed E-state index contributed by atoms with van der Waals surface area (Å²) < 4.78 is 17.7. The van der Waals surface area contributed by atoms with Crippen molar-refractivity contribution in [3.8, 4) is 11.5 Å². The number of nitrogens with zero attached hydrogens (tertiary/aromatic N) is 2. The lowest BCUT2D eigenvalue weighted by Crippen LogP contribution is -2.25. The summed E-state index contributed by atoms with van der Waals surface area (Å²) in [6.45, 7) is 0. The van der Waals surface area contributed by atoms with Crippen LogP contribution < -0.4 is 20.1 Å². The fourth-order valence-corrected chi connectivity index (χ4v) is 3.55. The predicted octanol–water partition coefficient (Wildman–Crippen LogP) is 2.76. The fraction of sp³-hybridized carbons (Fsp3) is 0.250. The molecule has 0 spiro atoms. The van der Waals surface area contributed by atoms with Crippen LogP contribution in [0.2, 0.25) is 0 Å². The summed E-state index contributed by atoms with van der Waals surface area (Å²) in [6.07, 6.45) is 1.74. The Balaban J connectivity index is 1.74. The van der Waals surface area contributed by atoms with Crippen molar-refractivity contribution in [2.24, 2.45) is 7.05 Å². The zero-order valence-corrected chi connectivity index (χ0v) is 16.2. The molecule has 1 atom stereocenters. The maximum absolute atomic E-state index is 13.0. The monoisotopic (exact) mass is 396 g/mol. The van der Waals surface area contributed by atoms with Gasteiger partial charge >= 0.3 is 0 Å². The Morgan fingerprint density at radius 2 is 2.10 bits per heavy atom. The van der Waals surface area contributed by atoms with Gasteiger partial charge in [0.1, 0.15) is 11.6 Å². The molecular weight excluding hydrogens is 376 g/mol. The largest absolute Gasteiger partial charge is 0.493 e. The summed E-state index contributed by atoms with van der Waals surface area (Å²) in [5.74, 6) is 1.37. The van der Waals surface area contributed by atoms with Crippen molar-refractivity contribution in [1.29, 1.82) is 0 Å². The van der Waals surface area contributed by atoms with Crippen LogP contribution in [0, 0.1) is 0 Å². The third kappa shape index (κ3) is 3.20. The molecule has 0 saturated heterocycles. The van der Waals surface area contributed by atoms with E-state index in [1.54, 1.807) is 43.6 Å². The minimum absolute atomic E-state index is 0.144. The molecule has 0 unspecified atom stereocenters. The van der Waals surface area contributed by atoms with Gasteiger partial charge in [-0.05, 0) is 24.3 Å². The number of aromatic nitrogens is 2. The fourth-order valence-electron chi connectivity index (χ4n) is 3.55. The van der Waals surface area contributed by atoms with Crippen LogP contribution in [-0.4, -0.2) is 35.8 Å². The van der Waals surface area contributed by atoms with Gasteiger partial charge in [-0.3, -0.25) is 14.3 Å². The lowest BCUT2D eigenvalue weighted by Gasteiger charge is -2.22. The van der Waals surface area contributed by atoms with Gasteiger partial charge in [-0.25, -0.2) is 0 Å². The highest BCUT2D eigenvalue weighted by atomic mass is 16.5. The van der Waals surface area contributed by atoms with Crippen molar-refractivity contribution in [1.82, 2.24) is 9.78 Å². The van der Waals surface area contributed by atoms with E-state index in [4.69, 9.17) is 13.9 Å². The van der Waals surface area contributed by atoms with Crippen LogP contribution in [-0.2, 0) is 11.8 Å². The average molecular weight is 396 g/mol. The number of para-hydroxylation sites is 1. The van der Waals surface area contributed by atoms with Gasteiger partial charge in [0.15, 0.2) is 17.3 Å². The number of rotatable bonds is 5. The number of aryl methyl sites for hydroxylation is 1. The number of ether oxygens (including phenoxy) is 2. The smallest absolute Gasteiger partial charge is 0.260 e. The van der Waals surface area contributed by atoms with Crippen molar-refractivity contribution in [2.75, 3.05) is 24.9 Å². The second kappa shape index (κ2) is 7.34. The summed E-state index contributed by atoms with van der Waals surface area (Å²) in [4.78, 5) is 25.2. The van der Waals surface area contributed by atoms with E-state index >= 15 is 0 Å². The molecule has 9 heteroatoms. The average Bonchev–Trinajstić information content (AvgIpc) is 3.35. The Morgan fingerprint density at radius 3 is 2.79 bits per heavy atom. The quantitative estimate of drug-likeness (QED) is 0.687. The van der Waals surface area contributed by atoms with Crippen LogP contribution in [0.4, 0.5) is 11.6 Å². The summed E-state index contributed by atoms with van der Waals surface area (Å²) >= 11 is 0. The maximum Gasteiger partial charge on any atom is 0.260 e. The normalized spacial score (nSPS) is 15.4. The SMILES string of the molecule is COc1cccc(C(=O)Nc2nn(C)c3c2[C@H](c2ccco2)CC(=O)N3)c1OC. The van der Waals surface area contributed by atoms with Gasteiger partial charge in [-0.1, -0.05) is 6.07 Å². The number of hydrogen-bond donors (Lipinski definition) is 2. The first-order chi connectivity index (χ1) is 14.0. The number of carbonyl (C=O) groups is 2. The van der Waals surface area contributed by atoms with Crippen LogP contribution in [0.3, 0.4) is 0 Å². The number of fused-ring (bicyclic) bond motifs is 1. The highest BCUT2D eigenvalue weighted by molar-refractivity contribution is 6.07. The second-order valence-electron chi connectivity index (χ2n) is 6.55. The maximum atomic E-state index is 13.0. The van der Waals surface area contributed by atoms with E-state index < -0.39 is 5.91 Å². The molecule has 2 N–H and O–H groups in total. The first-order valence-electron chi connectivity index (χ1n) is 8.96. The van der Waals surface area contributed by atoms with Gasteiger partial charge < -0.3 is 24.5 Å². The number of furan rings is 1. The number of amides is 2. The zero-order valence-electron chi connectivity index (χ0n) is 16.2. The van der Waals surface area contributed by atoms with E-state index in [-0.39, 0.29) is 18.2 Å². The lowest BCUT2D eigenvalue weighted by atomic mass is 9.91. The molecule has 0 radical (unpaired) electrons. The highest BCUT2D eigenvalue weighted by Gasteiger charge is 2.35. The van der Waals surface area contributed by atoms with Crippen LogP contribution in [0.25, 0.3) is 0 Å². The molecule has 0 aliphatic carbocycles. The standard InChI is InChI=1S/C20H20N4O5/c1-24-19-16(12(10-15(25)21-19)13-8-5-9-29-13)18(23-24)22-20(26)11-6-4-7-14(27-2)17(11)28-3/h4-9,12H,10H2,1-3H3,(H,21,25)(H,22,23,26)/t12-/m0/s1. The molecule has 3 heterocycles. The molecule has 2 aromatic heterocycles. The van der Waals surface area contributed by atoms with E-state index in [2.05, 4.69) is 15.7 Å². The van der Waals surface area contributed by atoms with Crippen LogP contribution in [0.15, 0.2) is 41.0 Å². The van der Waals surface area contributed by atoms with E-state index in [9.17, 15) is 9.59 Å². The van der Waals surface area contributed by atoms with Gasteiger partial charge in [0.2, 0.25) is 5.91 Å². The molecule has 0 saturated carbocycles. The van der Waals surface area contributed by atoms with Crippen molar-refractivity contribution in [3.63, 3.8) is 0 Å². The van der Waals surface area contributed by atoms with Crippen molar-refractivity contribution in [3.05, 3.63) is 53.5 Å². The topological polar surface area (TPSA) is 108 Å². The summed E-state index contributed by atoms with van der Waals surface area (Å²) in [5.41, 5.74) is 0.998. The molecular formula is C20H20N4O5. The highest BCUT2D eigenvalue weighted by Crippen LogP contribution is 2.42.